The highest BCUT2D eigenvalue weighted by Gasteiger charge is 2.09. The molecule has 0 aliphatic carbocycles. The van der Waals surface area contributed by atoms with E-state index in [9.17, 15) is 9.59 Å². The molecule has 1 atom stereocenters. The lowest BCUT2D eigenvalue weighted by atomic mass is 10.2. The molecular formula is C12H30N4O4. The summed E-state index contributed by atoms with van der Waals surface area (Å²) in [4.78, 5) is 21.6. The smallest absolute Gasteiger partial charge is 0.307 e. The van der Waals surface area contributed by atoms with Crippen molar-refractivity contribution in [1.82, 2.24) is 12.3 Å². The van der Waals surface area contributed by atoms with Crippen LogP contribution in [0.4, 0.5) is 0 Å². The number of carbonyl (C=O) groups is 2. The van der Waals surface area contributed by atoms with Crippen molar-refractivity contribution >= 4 is 11.9 Å². The average Bonchev–Trinajstić information content (AvgIpc) is 2.30. The number of ether oxygens (including phenoxy) is 1. The van der Waals surface area contributed by atoms with Crippen molar-refractivity contribution in [2.45, 2.75) is 57.6 Å². The second-order valence-electron chi connectivity index (χ2n) is 4.27. The summed E-state index contributed by atoms with van der Waals surface area (Å²) >= 11 is 0. The van der Waals surface area contributed by atoms with Gasteiger partial charge >= 0.3 is 11.9 Å². The molecule has 0 radical (unpaired) electrons. The third kappa shape index (κ3) is 16.8. The van der Waals surface area contributed by atoms with Crippen molar-refractivity contribution in [2.24, 2.45) is 11.5 Å². The van der Waals surface area contributed by atoms with E-state index >= 15 is 0 Å². The van der Waals surface area contributed by atoms with E-state index in [2.05, 4.69) is 0 Å². The van der Waals surface area contributed by atoms with Crippen molar-refractivity contribution in [2.75, 3.05) is 6.54 Å². The summed E-state index contributed by atoms with van der Waals surface area (Å²) in [5, 5.41) is 8.42. The fourth-order valence-corrected chi connectivity index (χ4v) is 1.50. The molecule has 8 nitrogen and oxygen atoms in total. The highest BCUT2D eigenvalue weighted by atomic mass is 16.6. The van der Waals surface area contributed by atoms with Crippen LogP contribution in [0.2, 0.25) is 0 Å². The molecule has 0 saturated carbocycles. The maximum atomic E-state index is 11.3. The lowest BCUT2D eigenvalue weighted by Gasteiger charge is -2.12. The van der Waals surface area contributed by atoms with Gasteiger partial charge in [-0.15, -0.1) is 0 Å². The molecule has 0 spiro atoms. The first-order valence-corrected chi connectivity index (χ1v) is 6.43. The van der Waals surface area contributed by atoms with E-state index in [-0.39, 0.29) is 31.1 Å². The first kappa shape index (κ1) is 23.8. The van der Waals surface area contributed by atoms with E-state index < -0.39 is 12.2 Å². The van der Waals surface area contributed by atoms with Crippen LogP contribution in [0.15, 0.2) is 0 Å². The van der Waals surface area contributed by atoms with E-state index in [0.717, 1.165) is 19.3 Å². The summed E-state index contributed by atoms with van der Waals surface area (Å²) in [6, 6.07) is 0. The van der Waals surface area contributed by atoms with Crippen molar-refractivity contribution in [3.63, 3.8) is 0 Å². The number of nitrogens with two attached hydrogens (primary N) is 2. The Morgan fingerprint density at radius 2 is 1.60 bits per heavy atom. The maximum Gasteiger partial charge on any atom is 0.307 e. The largest absolute Gasteiger partial charge is 0.481 e. The third-order valence-electron chi connectivity index (χ3n) is 2.50. The van der Waals surface area contributed by atoms with Crippen LogP contribution in [0.25, 0.3) is 0 Å². The molecule has 0 rings (SSSR count). The van der Waals surface area contributed by atoms with Gasteiger partial charge in [0.15, 0.2) is 6.23 Å². The Balaban J connectivity index is -0.00000144. The first-order chi connectivity index (χ1) is 8.56. The van der Waals surface area contributed by atoms with Gasteiger partial charge in [0.2, 0.25) is 0 Å². The molecule has 20 heavy (non-hydrogen) atoms. The molecular weight excluding hydrogens is 264 g/mol. The van der Waals surface area contributed by atoms with Gasteiger partial charge in [-0.05, 0) is 38.6 Å². The maximum absolute atomic E-state index is 11.3. The minimum atomic E-state index is -0.847. The van der Waals surface area contributed by atoms with E-state index in [1.54, 1.807) is 0 Å². The molecule has 0 aromatic rings. The number of unbranched alkanes of at least 4 members (excludes halogenated alkanes) is 3. The third-order valence-corrected chi connectivity index (χ3v) is 2.50. The normalized spacial score (nSPS) is 10.9. The lowest BCUT2D eigenvalue weighted by Crippen LogP contribution is -2.27. The number of aliphatic carboxylic acids is 1. The molecule has 0 heterocycles. The molecule has 0 aliphatic rings. The summed E-state index contributed by atoms with van der Waals surface area (Å²) in [6.07, 6.45) is 4.22. The SMILES string of the molecule is N.N.NCCCCCC(N)OC(=O)CCCCC(=O)O. The van der Waals surface area contributed by atoms with Crippen molar-refractivity contribution in [3.8, 4) is 0 Å². The standard InChI is InChI=1S/C12H24N2O4.2H3N/c13-9-5-1-2-6-10(14)18-12(17)8-4-3-7-11(15)16;;/h10H,1-9,13-14H2,(H,15,16);2*1H3. The van der Waals surface area contributed by atoms with E-state index in [1.807, 2.05) is 0 Å². The van der Waals surface area contributed by atoms with Crippen LogP contribution in [0.3, 0.4) is 0 Å². The van der Waals surface area contributed by atoms with Crippen LogP contribution in [0, 0.1) is 0 Å². The van der Waals surface area contributed by atoms with Crippen molar-refractivity contribution < 1.29 is 19.4 Å². The molecule has 122 valence electrons. The second-order valence-corrected chi connectivity index (χ2v) is 4.27. The van der Waals surface area contributed by atoms with E-state index in [0.29, 0.717) is 25.8 Å². The number of hydrogen-bond acceptors (Lipinski definition) is 7. The van der Waals surface area contributed by atoms with Crippen LogP contribution < -0.4 is 23.8 Å². The molecule has 11 N–H and O–H groups in total. The first-order valence-electron chi connectivity index (χ1n) is 6.43. The van der Waals surface area contributed by atoms with Gasteiger partial charge in [0.25, 0.3) is 0 Å². The molecule has 8 heteroatoms. The Morgan fingerprint density at radius 1 is 1.00 bits per heavy atom. The molecule has 0 saturated heterocycles. The van der Waals surface area contributed by atoms with Gasteiger partial charge in [0, 0.05) is 12.8 Å². The van der Waals surface area contributed by atoms with Gasteiger partial charge in [0.1, 0.15) is 0 Å². The molecule has 0 amide bonds. The molecule has 0 fully saturated rings. The van der Waals surface area contributed by atoms with E-state index in [1.165, 1.54) is 0 Å². The molecule has 0 aromatic carbocycles. The zero-order valence-electron chi connectivity index (χ0n) is 12.2. The average molecular weight is 294 g/mol. The molecule has 0 bridgehead atoms. The highest BCUT2D eigenvalue weighted by Crippen LogP contribution is 2.06. The quantitative estimate of drug-likeness (QED) is 0.214. The van der Waals surface area contributed by atoms with Crippen molar-refractivity contribution in [3.05, 3.63) is 0 Å². The van der Waals surface area contributed by atoms with Crippen LogP contribution in [-0.4, -0.2) is 29.8 Å². The Bertz CT molecular complexity index is 252. The molecule has 0 aliphatic heterocycles. The second kappa shape index (κ2) is 15.8. The van der Waals surface area contributed by atoms with Crippen LogP contribution in [-0.2, 0) is 14.3 Å². The highest BCUT2D eigenvalue weighted by molar-refractivity contribution is 5.69. The predicted molar refractivity (Wildman–Crippen MR) is 77.7 cm³/mol. The predicted octanol–water partition coefficient (Wildman–Crippen LogP) is 1.30. The van der Waals surface area contributed by atoms with Gasteiger partial charge in [-0.25, -0.2) is 0 Å². The number of carboxylic acid groups (broad SMARTS) is 1. The van der Waals surface area contributed by atoms with Gasteiger partial charge < -0.3 is 27.9 Å². The Hall–Kier alpha value is -1.22. The summed E-state index contributed by atoms with van der Waals surface area (Å²) in [6.45, 7) is 0.665. The Labute approximate surface area is 120 Å². The zero-order valence-corrected chi connectivity index (χ0v) is 12.2. The summed E-state index contributed by atoms with van der Waals surface area (Å²) < 4.78 is 5.00. The van der Waals surface area contributed by atoms with Gasteiger partial charge in [0.05, 0.1) is 0 Å². The number of rotatable bonds is 11. The number of esters is 1. The van der Waals surface area contributed by atoms with Gasteiger partial charge in [-0.2, -0.15) is 0 Å². The number of carbonyl (C=O) groups excluding carboxylic acids is 1. The minimum absolute atomic E-state index is 0. The van der Waals surface area contributed by atoms with Crippen LogP contribution >= 0.6 is 0 Å². The fourth-order valence-electron chi connectivity index (χ4n) is 1.50. The Kier molecular flexibility index (Phi) is 18.9. The lowest BCUT2D eigenvalue weighted by molar-refractivity contribution is -0.149. The topological polar surface area (TPSA) is 186 Å². The fraction of sp³-hybridized carbons (Fsp3) is 0.833. The minimum Gasteiger partial charge on any atom is -0.481 e. The van der Waals surface area contributed by atoms with E-state index in [4.69, 9.17) is 21.3 Å². The summed E-state index contributed by atoms with van der Waals surface area (Å²) in [5.41, 5.74) is 11.0. The summed E-state index contributed by atoms with van der Waals surface area (Å²) in [7, 11) is 0. The number of carboxylic acids is 1. The van der Waals surface area contributed by atoms with Gasteiger partial charge in [-0.3, -0.25) is 15.3 Å². The Morgan fingerprint density at radius 3 is 2.15 bits per heavy atom. The monoisotopic (exact) mass is 294 g/mol. The zero-order chi connectivity index (χ0) is 13.8. The van der Waals surface area contributed by atoms with Crippen LogP contribution in [0.5, 0.6) is 0 Å². The van der Waals surface area contributed by atoms with Crippen LogP contribution in [0.1, 0.15) is 51.4 Å². The molecule has 1 unspecified atom stereocenters. The molecule has 0 aromatic heterocycles. The van der Waals surface area contributed by atoms with Crippen molar-refractivity contribution in [1.29, 1.82) is 0 Å². The number of hydrogen-bond donors (Lipinski definition) is 5. The summed E-state index contributed by atoms with van der Waals surface area (Å²) in [5.74, 6) is -1.20. The van der Waals surface area contributed by atoms with Gasteiger partial charge in [-0.1, -0.05) is 6.42 Å².